The van der Waals surface area contributed by atoms with Gasteiger partial charge in [0.15, 0.2) is 0 Å². The molecule has 1 N–H and O–H groups in total. The van der Waals surface area contributed by atoms with Gasteiger partial charge in [0, 0.05) is 12.2 Å². The summed E-state index contributed by atoms with van der Waals surface area (Å²) in [6, 6.07) is 2.43. The van der Waals surface area contributed by atoms with E-state index in [0.29, 0.717) is 11.3 Å². The van der Waals surface area contributed by atoms with Crippen molar-refractivity contribution in [1.82, 2.24) is 9.97 Å². The predicted molar refractivity (Wildman–Crippen MR) is 71.3 cm³/mol. The molecule has 3 nitrogen and oxygen atoms in total. The number of nitrogens with one attached hydrogen (secondary N) is 1. The van der Waals surface area contributed by atoms with Gasteiger partial charge in [-0.2, -0.15) is 0 Å². The van der Waals surface area contributed by atoms with Gasteiger partial charge in [-0.1, -0.05) is 19.8 Å². The molecule has 2 rings (SSSR count). The van der Waals surface area contributed by atoms with Crippen LogP contribution in [-0.4, -0.2) is 16.0 Å². The van der Waals surface area contributed by atoms with Gasteiger partial charge in [0.25, 0.3) is 0 Å². The molecule has 0 atom stereocenters. The average Bonchev–Trinajstić information content (AvgIpc) is 2.32. The highest BCUT2D eigenvalue weighted by molar-refractivity contribution is 6.28. The summed E-state index contributed by atoms with van der Waals surface area (Å²) < 4.78 is 0. The molecule has 1 saturated carbocycles. The smallest absolute Gasteiger partial charge is 0.224 e. The van der Waals surface area contributed by atoms with Crippen LogP contribution in [0.15, 0.2) is 12.3 Å². The number of anilines is 1. The molecule has 1 heterocycles. The zero-order valence-electron chi connectivity index (χ0n) is 10.3. The van der Waals surface area contributed by atoms with E-state index in [1.165, 1.54) is 38.5 Å². The van der Waals surface area contributed by atoms with Gasteiger partial charge in [-0.25, -0.2) is 9.97 Å². The third-order valence-corrected chi connectivity index (χ3v) is 3.70. The van der Waals surface area contributed by atoms with Crippen molar-refractivity contribution < 1.29 is 0 Å². The Morgan fingerprint density at radius 1 is 1.35 bits per heavy atom. The van der Waals surface area contributed by atoms with Crippen molar-refractivity contribution in [3.8, 4) is 0 Å². The maximum atomic E-state index is 5.76. The number of nitrogens with zero attached hydrogens (tertiary/aromatic N) is 2. The molecular formula is C13H20ClN3. The number of hydrogen-bond donors (Lipinski definition) is 1. The van der Waals surface area contributed by atoms with E-state index in [4.69, 9.17) is 11.6 Å². The summed E-state index contributed by atoms with van der Waals surface area (Å²) in [6.07, 6.45) is 9.55. The van der Waals surface area contributed by atoms with E-state index in [1.807, 2.05) is 6.07 Å². The molecule has 0 aliphatic heterocycles. The number of halogens is 1. The van der Waals surface area contributed by atoms with E-state index >= 15 is 0 Å². The van der Waals surface area contributed by atoms with E-state index in [9.17, 15) is 0 Å². The fourth-order valence-corrected chi connectivity index (χ4v) is 2.78. The second-order valence-corrected chi connectivity index (χ2v) is 5.20. The monoisotopic (exact) mass is 253 g/mol. The first-order valence-electron chi connectivity index (χ1n) is 6.53. The molecule has 1 aliphatic carbocycles. The molecule has 0 spiro atoms. The Labute approximate surface area is 108 Å². The van der Waals surface area contributed by atoms with Crippen LogP contribution in [-0.2, 0) is 0 Å². The van der Waals surface area contributed by atoms with Crippen LogP contribution in [0.5, 0.6) is 0 Å². The standard InChI is InChI=1S/C13H20ClN3/c1-2-3-10-4-6-11(7-5-10)16-12-8-9-15-13(14)17-12/h8-11H,2-7H2,1H3,(H,15,16,17). The lowest BCUT2D eigenvalue weighted by Crippen LogP contribution is -2.26. The predicted octanol–water partition coefficient (Wildman–Crippen LogP) is 3.90. The first-order chi connectivity index (χ1) is 8.28. The molecule has 0 unspecified atom stereocenters. The normalized spacial score (nSPS) is 24.6. The molecule has 1 fully saturated rings. The van der Waals surface area contributed by atoms with Crippen LogP contribution in [0.4, 0.5) is 5.82 Å². The van der Waals surface area contributed by atoms with Crippen molar-refractivity contribution >= 4 is 17.4 Å². The quantitative estimate of drug-likeness (QED) is 0.827. The Morgan fingerprint density at radius 2 is 2.12 bits per heavy atom. The highest BCUT2D eigenvalue weighted by Crippen LogP contribution is 2.29. The summed E-state index contributed by atoms with van der Waals surface area (Å²) in [4.78, 5) is 8.05. The molecule has 0 bridgehead atoms. The Morgan fingerprint density at radius 3 is 2.76 bits per heavy atom. The van der Waals surface area contributed by atoms with Crippen molar-refractivity contribution in [2.24, 2.45) is 5.92 Å². The third kappa shape index (κ3) is 3.84. The van der Waals surface area contributed by atoms with Crippen molar-refractivity contribution in [3.05, 3.63) is 17.5 Å². The minimum atomic E-state index is 0.315. The first kappa shape index (κ1) is 12.6. The Balaban J connectivity index is 1.82. The van der Waals surface area contributed by atoms with Crippen molar-refractivity contribution in [1.29, 1.82) is 0 Å². The molecule has 0 radical (unpaired) electrons. The second-order valence-electron chi connectivity index (χ2n) is 4.86. The van der Waals surface area contributed by atoms with Gasteiger partial charge in [0.05, 0.1) is 0 Å². The summed E-state index contributed by atoms with van der Waals surface area (Å²) in [7, 11) is 0. The molecule has 17 heavy (non-hydrogen) atoms. The lowest BCUT2D eigenvalue weighted by molar-refractivity contribution is 0.318. The van der Waals surface area contributed by atoms with Crippen LogP contribution < -0.4 is 5.32 Å². The minimum absolute atomic E-state index is 0.315. The fraction of sp³-hybridized carbons (Fsp3) is 0.692. The molecule has 0 amide bonds. The van der Waals surface area contributed by atoms with Crippen molar-refractivity contribution in [3.63, 3.8) is 0 Å². The number of rotatable bonds is 4. The number of hydrogen-bond acceptors (Lipinski definition) is 3. The lowest BCUT2D eigenvalue weighted by atomic mass is 9.83. The van der Waals surface area contributed by atoms with Crippen LogP contribution in [0.3, 0.4) is 0 Å². The van der Waals surface area contributed by atoms with E-state index in [1.54, 1.807) is 6.20 Å². The average molecular weight is 254 g/mol. The SMILES string of the molecule is CCCC1CCC(Nc2ccnc(Cl)n2)CC1. The summed E-state index contributed by atoms with van der Waals surface area (Å²) in [5, 5.41) is 3.76. The zero-order valence-corrected chi connectivity index (χ0v) is 11.1. The van der Waals surface area contributed by atoms with Gasteiger partial charge in [0.1, 0.15) is 5.82 Å². The van der Waals surface area contributed by atoms with Gasteiger partial charge in [-0.3, -0.25) is 0 Å². The van der Waals surface area contributed by atoms with Crippen molar-refractivity contribution in [2.45, 2.75) is 51.5 Å². The van der Waals surface area contributed by atoms with Crippen LogP contribution in [0.25, 0.3) is 0 Å². The highest BCUT2D eigenvalue weighted by Gasteiger charge is 2.20. The summed E-state index contributed by atoms with van der Waals surface area (Å²) in [5.41, 5.74) is 0. The lowest BCUT2D eigenvalue weighted by Gasteiger charge is -2.29. The number of aromatic nitrogens is 2. The van der Waals surface area contributed by atoms with Gasteiger partial charge < -0.3 is 5.32 Å². The zero-order chi connectivity index (χ0) is 12.1. The van der Waals surface area contributed by atoms with E-state index < -0.39 is 0 Å². The van der Waals surface area contributed by atoms with Crippen molar-refractivity contribution in [2.75, 3.05) is 5.32 Å². The van der Waals surface area contributed by atoms with Gasteiger partial charge in [-0.15, -0.1) is 0 Å². The van der Waals surface area contributed by atoms with Crippen LogP contribution in [0.2, 0.25) is 5.28 Å². The summed E-state index contributed by atoms with van der Waals surface area (Å²) >= 11 is 5.76. The summed E-state index contributed by atoms with van der Waals surface area (Å²) in [5.74, 6) is 1.79. The van der Waals surface area contributed by atoms with Crippen LogP contribution >= 0.6 is 11.6 Å². The van der Waals surface area contributed by atoms with Crippen LogP contribution in [0, 0.1) is 5.92 Å². The summed E-state index contributed by atoms with van der Waals surface area (Å²) in [6.45, 7) is 2.27. The highest BCUT2D eigenvalue weighted by atomic mass is 35.5. The molecule has 1 aromatic heterocycles. The minimum Gasteiger partial charge on any atom is -0.367 e. The molecular weight excluding hydrogens is 234 g/mol. The van der Waals surface area contributed by atoms with E-state index in [-0.39, 0.29) is 0 Å². The molecule has 1 aliphatic rings. The second kappa shape index (κ2) is 6.20. The maximum Gasteiger partial charge on any atom is 0.224 e. The maximum absolute atomic E-state index is 5.76. The Kier molecular flexibility index (Phi) is 4.60. The van der Waals surface area contributed by atoms with Gasteiger partial charge >= 0.3 is 0 Å². The van der Waals surface area contributed by atoms with Gasteiger partial charge in [0.2, 0.25) is 5.28 Å². The molecule has 1 aromatic rings. The largest absolute Gasteiger partial charge is 0.367 e. The molecule has 0 saturated heterocycles. The third-order valence-electron chi connectivity index (χ3n) is 3.52. The first-order valence-corrected chi connectivity index (χ1v) is 6.90. The Hall–Kier alpha value is -0.830. The van der Waals surface area contributed by atoms with E-state index in [0.717, 1.165) is 11.7 Å². The van der Waals surface area contributed by atoms with E-state index in [2.05, 4.69) is 22.2 Å². The Bertz CT molecular complexity index is 348. The molecule has 0 aromatic carbocycles. The van der Waals surface area contributed by atoms with Crippen LogP contribution in [0.1, 0.15) is 45.4 Å². The molecule has 4 heteroatoms. The fourth-order valence-electron chi connectivity index (χ4n) is 2.63. The van der Waals surface area contributed by atoms with Gasteiger partial charge in [-0.05, 0) is 49.3 Å². The topological polar surface area (TPSA) is 37.8 Å². The molecule has 94 valence electrons.